The van der Waals surface area contributed by atoms with Gasteiger partial charge in [-0.25, -0.2) is 0 Å². The van der Waals surface area contributed by atoms with Gasteiger partial charge >= 0.3 is 5.97 Å². The van der Waals surface area contributed by atoms with Crippen molar-refractivity contribution >= 4 is 5.97 Å². The monoisotopic (exact) mass is 239 g/mol. The topological polar surface area (TPSA) is 40.5 Å². The van der Waals surface area contributed by atoms with Crippen molar-refractivity contribution in [3.05, 3.63) is 0 Å². The van der Waals surface area contributed by atoms with Crippen molar-refractivity contribution < 1.29 is 9.90 Å². The third kappa shape index (κ3) is 3.70. The first-order chi connectivity index (χ1) is 8.27. The van der Waals surface area contributed by atoms with Gasteiger partial charge in [-0.05, 0) is 44.7 Å². The molecule has 17 heavy (non-hydrogen) atoms. The fraction of sp³-hybridized carbons (Fsp3) is 0.929. The van der Waals surface area contributed by atoms with Crippen LogP contribution in [0.4, 0.5) is 0 Å². The summed E-state index contributed by atoms with van der Waals surface area (Å²) in [7, 11) is 0. The van der Waals surface area contributed by atoms with Gasteiger partial charge in [-0.2, -0.15) is 0 Å². The molecule has 1 N–H and O–H groups in total. The lowest BCUT2D eigenvalue weighted by Gasteiger charge is -2.24. The zero-order valence-electron chi connectivity index (χ0n) is 10.7. The smallest absolute Gasteiger partial charge is 0.320 e. The van der Waals surface area contributed by atoms with Crippen LogP contribution in [0.1, 0.15) is 57.8 Å². The van der Waals surface area contributed by atoms with Crippen molar-refractivity contribution in [2.45, 2.75) is 63.8 Å². The first-order valence-corrected chi connectivity index (χ1v) is 7.24. The highest BCUT2D eigenvalue weighted by Crippen LogP contribution is 2.28. The molecule has 1 aliphatic carbocycles. The van der Waals surface area contributed by atoms with Gasteiger partial charge in [0.05, 0.1) is 0 Å². The van der Waals surface area contributed by atoms with Gasteiger partial charge in [0, 0.05) is 0 Å². The van der Waals surface area contributed by atoms with E-state index in [0.717, 1.165) is 31.8 Å². The molecule has 1 heterocycles. The highest BCUT2D eigenvalue weighted by molar-refractivity contribution is 5.73. The van der Waals surface area contributed by atoms with Crippen LogP contribution in [-0.2, 0) is 4.79 Å². The van der Waals surface area contributed by atoms with E-state index in [1.807, 2.05) is 0 Å². The van der Waals surface area contributed by atoms with Gasteiger partial charge in [-0.15, -0.1) is 0 Å². The van der Waals surface area contributed by atoms with Crippen molar-refractivity contribution in [1.82, 2.24) is 4.90 Å². The lowest BCUT2D eigenvalue weighted by atomic mass is 9.86. The van der Waals surface area contributed by atoms with Gasteiger partial charge in [-0.1, -0.05) is 32.1 Å². The summed E-state index contributed by atoms with van der Waals surface area (Å²) in [6, 6.07) is -0.193. The molecule has 0 aromatic carbocycles. The van der Waals surface area contributed by atoms with Crippen molar-refractivity contribution in [3.8, 4) is 0 Å². The van der Waals surface area contributed by atoms with Gasteiger partial charge in [0.1, 0.15) is 6.04 Å². The molecule has 1 atom stereocenters. The molecular weight excluding hydrogens is 214 g/mol. The first kappa shape index (κ1) is 12.9. The fourth-order valence-electron chi connectivity index (χ4n) is 3.43. The first-order valence-electron chi connectivity index (χ1n) is 7.24. The van der Waals surface area contributed by atoms with Gasteiger partial charge in [-0.3, -0.25) is 9.69 Å². The molecule has 1 saturated heterocycles. The van der Waals surface area contributed by atoms with Crippen molar-refractivity contribution in [1.29, 1.82) is 0 Å². The highest BCUT2D eigenvalue weighted by Gasteiger charge is 2.29. The molecular formula is C14H25NO2. The molecule has 0 aromatic rings. The van der Waals surface area contributed by atoms with Crippen LogP contribution in [0.25, 0.3) is 0 Å². The Morgan fingerprint density at radius 2 is 1.88 bits per heavy atom. The molecule has 2 aliphatic rings. The van der Waals surface area contributed by atoms with Crippen molar-refractivity contribution in [2.24, 2.45) is 5.92 Å². The number of aliphatic carboxylic acids is 1. The minimum atomic E-state index is -0.625. The summed E-state index contributed by atoms with van der Waals surface area (Å²) >= 11 is 0. The third-order valence-electron chi connectivity index (χ3n) is 4.43. The Hall–Kier alpha value is -0.570. The number of nitrogens with zero attached hydrogens (tertiary/aromatic N) is 1. The summed E-state index contributed by atoms with van der Waals surface area (Å²) in [5.74, 6) is 0.301. The van der Waals surface area contributed by atoms with Crippen LogP contribution in [-0.4, -0.2) is 35.1 Å². The lowest BCUT2D eigenvalue weighted by Crippen LogP contribution is -2.36. The molecule has 2 rings (SSSR count). The maximum absolute atomic E-state index is 11.0. The number of hydrogen-bond acceptors (Lipinski definition) is 2. The van der Waals surface area contributed by atoms with Crippen molar-refractivity contribution in [3.63, 3.8) is 0 Å². The zero-order chi connectivity index (χ0) is 12.1. The molecule has 0 radical (unpaired) electrons. The minimum Gasteiger partial charge on any atom is -0.480 e. The second kappa shape index (κ2) is 6.39. The Balaban J connectivity index is 1.65. The van der Waals surface area contributed by atoms with Gasteiger partial charge in [0.25, 0.3) is 0 Å². The summed E-state index contributed by atoms with van der Waals surface area (Å²) in [6.07, 6.45) is 11.4. The number of carbonyl (C=O) groups is 1. The quantitative estimate of drug-likeness (QED) is 0.802. The van der Waals surface area contributed by atoms with Crippen LogP contribution in [0.5, 0.6) is 0 Å². The number of carboxylic acids is 1. The highest BCUT2D eigenvalue weighted by atomic mass is 16.4. The second-order valence-corrected chi connectivity index (χ2v) is 5.68. The average molecular weight is 239 g/mol. The van der Waals surface area contributed by atoms with Crippen LogP contribution in [0, 0.1) is 5.92 Å². The summed E-state index contributed by atoms with van der Waals surface area (Å²) in [5.41, 5.74) is 0. The summed E-state index contributed by atoms with van der Waals surface area (Å²) in [6.45, 7) is 1.98. The molecule has 0 unspecified atom stereocenters. The second-order valence-electron chi connectivity index (χ2n) is 5.68. The maximum Gasteiger partial charge on any atom is 0.320 e. The van der Waals surface area contributed by atoms with Gasteiger partial charge < -0.3 is 5.11 Å². The standard InChI is InChI=1S/C14H25NO2/c16-14(17)13-9-5-11-15(13)10-4-8-12-6-2-1-3-7-12/h12-13H,1-11H2,(H,16,17)/t13-/m1/s1. The van der Waals surface area contributed by atoms with Crippen LogP contribution >= 0.6 is 0 Å². The van der Waals surface area contributed by atoms with E-state index in [2.05, 4.69) is 4.90 Å². The van der Waals surface area contributed by atoms with Crippen LogP contribution in [0.15, 0.2) is 0 Å². The Bertz CT molecular complexity index is 249. The minimum absolute atomic E-state index is 0.193. The molecule has 1 saturated carbocycles. The molecule has 98 valence electrons. The number of hydrogen-bond donors (Lipinski definition) is 1. The number of likely N-dealkylation sites (tertiary alicyclic amines) is 1. The predicted molar refractivity (Wildman–Crippen MR) is 68.0 cm³/mol. The van der Waals surface area contributed by atoms with E-state index >= 15 is 0 Å². The van der Waals surface area contributed by atoms with E-state index in [1.165, 1.54) is 44.9 Å². The zero-order valence-corrected chi connectivity index (χ0v) is 10.7. The molecule has 1 aliphatic heterocycles. The Kier molecular flexibility index (Phi) is 4.84. The molecule has 0 bridgehead atoms. The molecule has 0 spiro atoms. The van der Waals surface area contributed by atoms with E-state index in [1.54, 1.807) is 0 Å². The van der Waals surface area contributed by atoms with E-state index in [0.29, 0.717) is 0 Å². The molecule has 0 aromatic heterocycles. The Morgan fingerprint density at radius 1 is 1.12 bits per heavy atom. The summed E-state index contributed by atoms with van der Waals surface area (Å²) in [5, 5.41) is 9.09. The molecule has 2 fully saturated rings. The summed E-state index contributed by atoms with van der Waals surface area (Å²) < 4.78 is 0. The maximum atomic E-state index is 11.0. The molecule has 3 nitrogen and oxygen atoms in total. The number of rotatable bonds is 5. The molecule has 3 heteroatoms. The van der Waals surface area contributed by atoms with E-state index in [-0.39, 0.29) is 6.04 Å². The van der Waals surface area contributed by atoms with Crippen molar-refractivity contribution in [2.75, 3.05) is 13.1 Å². The number of carboxylic acid groups (broad SMARTS) is 1. The van der Waals surface area contributed by atoms with Crippen LogP contribution in [0.3, 0.4) is 0 Å². The lowest BCUT2D eigenvalue weighted by molar-refractivity contribution is -0.142. The van der Waals surface area contributed by atoms with E-state index in [9.17, 15) is 4.79 Å². The largest absolute Gasteiger partial charge is 0.480 e. The van der Waals surface area contributed by atoms with Gasteiger partial charge in [0.2, 0.25) is 0 Å². The van der Waals surface area contributed by atoms with Crippen LogP contribution < -0.4 is 0 Å². The normalized spacial score (nSPS) is 27.4. The Labute approximate surface area is 104 Å². The Morgan fingerprint density at radius 3 is 2.59 bits per heavy atom. The SMILES string of the molecule is O=C(O)[C@H]1CCCN1CCCC1CCCCC1. The van der Waals surface area contributed by atoms with E-state index < -0.39 is 5.97 Å². The average Bonchev–Trinajstić information content (AvgIpc) is 2.79. The fourth-order valence-corrected chi connectivity index (χ4v) is 3.43. The molecule has 0 amide bonds. The third-order valence-corrected chi connectivity index (χ3v) is 4.43. The van der Waals surface area contributed by atoms with E-state index in [4.69, 9.17) is 5.11 Å². The summed E-state index contributed by atoms with van der Waals surface area (Å²) in [4.78, 5) is 13.2. The predicted octanol–water partition coefficient (Wildman–Crippen LogP) is 2.90. The van der Waals surface area contributed by atoms with Gasteiger partial charge in [0.15, 0.2) is 0 Å². The van der Waals surface area contributed by atoms with Crippen LogP contribution in [0.2, 0.25) is 0 Å².